The number of aliphatic hydroxyl groups excluding tert-OH is 1. The van der Waals surface area contributed by atoms with Gasteiger partial charge in [-0.15, -0.1) is 0 Å². The largest absolute Gasteiger partial charge is 0.494 e. The van der Waals surface area contributed by atoms with Crippen LogP contribution in [-0.2, 0) is 16.1 Å². The number of rotatable bonds is 12. The van der Waals surface area contributed by atoms with Gasteiger partial charge in [0.1, 0.15) is 5.75 Å². The summed E-state index contributed by atoms with van der Waals surface area (Å²) in [5.41, 5.74) is 10.9. The highest BCUT2D eigenvalue weighted by atomic mass is 16.5. The first-order valence-electron chi connectivity index (χ1n) is 13.1. The fourth-order valence-corrected chi connectivity index (χ4v) is 4.64. The van der Waals surface area contributed by atoms with Crippen molar-refractivity contribution in [2.24, 2.45) is 10.1 Å². The van der Waals surface area contributed by atoms with E-state index in [0.717, 1.165) is 16.7 Å². The SMILES string of the molecule is CN(C)C(=O)[C@]1(C/C=C/c2ccccc2)N=C(c2ccc(OCCCO)cc2)O[C@@H]1c1ccccc1CN=[N+]=[N-]. The molecule has 9 nitrogen and oxygen atoms in total. The van der Waals surface area contributed by atoms with Gasteiger partial charge in [0, 0.05) is 44.0 Å². The lowest BCUT2D eigenvalue weighted by Gasteiger charge is -2.32. The lowest BCUT2D eigenvalue weighted by atomic mass is 9.82. The molecule has 1 aliphatic heterocycles. The Hall–Kier alpha value is -4.59. The van der Waals surface area contributed by atoms with Crippen LogP contribution in [0, 0.1) is 0 Å². The van der Waals surface area contributed by atoms with E-state index in [-0.39, 0.29) is 25.5 Å². The minimum atomic E-state index is -1.30. The fraction of sp³-hybridized carbons (Fsp3) is 0.290. The Morgan fingerprint density at radius 3 is 2.55 bits per heavy atom. The summed E-state index contributed by atoms with van der Waals surface area (Å²) in [7, 11) is 3.42. The number of nitrogens with zero attached hydrogens (tertiary/aromatic N) is 5. The molecule has 206 valence electrons. The normalized spacial score (nSPS) is 18.1. The predicted octanol–water partition coefficient (Wildman–Crippen LogP) is 5.71. The zero-order valence-electron chi connectivity index (χ0n) is 22.7. The molecule has 1 N–H and O–H groups in total. The van der Waals surface area contributed by atoms with Crippen molar-refractivity contribution in [2.75, 3.05) is 27.3 Å². The third-order valence-electron chi connectivity index (χ3n) is 6.59. The van der Waals surface area contributed by atoms with Gasteiger partial charge in [0.2, 0.25) is 5.90 Å². The standard InChI is InChI=1S/C31H33N5O4/c1-36(2)30(38)31(19-8-12-23-10-4-3-5-11-23)28(27-14-7-6-13-25(27)22-33-35-32)40-29(34-31)24-15-17-26(18-16-24)39-21-9-20-37/h3-8,10-18,28,37H,9,19-22H2,1-2H3/b12-8+/t28-,31-/m1/s1. The van der Waals surface area contributed by atoms with Gasteiger partial charge < -0.3 is 19.5 Å². The summed E-state index contributed by atoms with van der Waals surface area (Å²) in [4.78, 5) is 23.4. The van der Waals surface area contributed by atoms with Crippen LogP contribution in [0.2, 0.25) is 0 Å². The minimum absolute atomic E-state index is 0.0615. The Kier molecular flexibility index (Phi) is 9.57. The molecule has 0 bridgehead atoms. The van der Waals surface area contributed by atoms with E-state index in [1.807, 2.05) is 91.0 Å². The molecule has 0 spiro atoms. The second-order valence-corrected chi connectivity index (χ2v) is 9.59. The maximum Gasteiger partial charge on any atom is 0.254 e. The molecule has 9 heteroatoms. The average Bonchev–Trinajstić information content (AvgIpc) is 3.37. The molecule has 4 rings (SSSR count). The third-order valence-corrected chi connectivity index (χ3v) is 6.59. The fourth-order valence-electron chi connectivity index (χ4n) is 4.64. The van der Waals surface area contributed by atoms with E-state index in [9.17, 15) is 4.79 Å². The molecule has 1 heterocycles. The molecule has 0 aliphatic carbocycles. The highest BCUT2D eigenvalue weighted by Crippen LogP contribution is 2.44. The van der Waals surface area contributed by atoms with Crippen molar-refractivity contribution in [1.82, 2.24) is 4.90 Å². The highest BCUT2D eigenvalue weighted by Gasteiger charge is 2.53. The summed E-state index contributed by atoms with van der Waals surface area (Å²) in [6.07, 6.45) is 3.99. The monoisotopic (exact) mass is 539 g/mol. The Labute approximate surface area is 234 Å². The van der Waals surface area contributed by atoms with Crippen molar-refractivity contribution in [1.29, 1.82) is 0 Å². The van der Waals surface area contributed by atoms with E-state index in [4.69, 9.17) is 25.1 Å². The molecular formula is C31H33N5O4. The van der Waals surface area contributed by atoms with Crippen molar-refractivity contribution in [3.05, 3.63) is 118 Å². The number of amides is 1. The lowest BCUT2D eigenvalue weighted by molar-refractivity contribution is -0.137. The molecule has 1 amide bonds. The van der Waals surface area contributed by atoms with Gasteiger partial charge in [0.25, 0.3) is 5.91 Å². The number of ether oxygens (including phenoxy) is 2. The van der Waals surface area contributed by atoms with Crippen LogP contribution < -0.4 is 4.74 Å². The van der Waals surface area contributed by atoms with Crippen molar-refractivity contribution in [2.45, 2.75) is 31.0 Å². The molecule has 3 aromatic carbocycles. The second kappa shape index (κ2) is 13.5. The van der Waals surface area contributed by atoms with Gasteiger partial charge in [-0.3, -0.25) is 4.79 Å². The number of carbonyl (C=O) groups excluding carboxylic acids is 1. The summed E-state index contributed by atoms with van der Waals surface area (Å²) in [5.74, 6) is 0.801. The van der Waals surface area contributed by atoms with Crippen molar-refractivity contribution >= 4 is 17.9 Å². The number of hydrogen-bond donors (Lipinski definition) is 1. The topological polar surface area (TPSA) is 120 Å². The smallest absolute Gasteiger partial charge is 0.254 e. The maximum atomic E-state index is 14.0. The van der Waals surface area contributed by atoms with Crippen LogP contribution in [0.25, 0.3) is 16.5 Å². The number of azide groups is 1. The quantitative estimate of drug-likeness (QED) is 0.137. The van der Waals surface area contributed by atoms with Crippen LogP contribution in [0.1, 0.15) is 41.2 Å². The average molecular weight is 540 g/mol. The van der Waals surface area contributed by atoms with Gasteiger partial charge in [0.05, 0.1) is 13.2 Å². The van der Waals surface area contributed by atoms with Gasteiger partial charge >= 0.3 is 0 Å². The van der Waals surface area contributed by atoms with Gasteiger partial charge in [-0.05, 0) is 46.5 Å². The molecule has 3 aromatic rings. The maximum absolute atomic E-state index is 14.0. The number of benzene rings is 3. The first-order valence-corrected chi connectivity index (χ1v) is 13.1. The van der Waals surface area contributed by atoms with Crippen molar-refractivity contribution in [3.8, 4) is 5.75 Å². The van der Waals surface area contributed by atoms with Crippen LogP contribution in [0.3, 0.4) is 0 Å². The zero-order valence-corrected chi connectivity index (χ0v) is 22.7. The molecule has 0 unspecified atom stereocenters. The molecule has 0 saturated carbocycles. The van der Waals surface area contributed by atoms with Crippen molar-refractivity contribution < 1.29 is 19.4 Å². The molecule has 0 radical (unpaired) electrons. The first kappa shape index (κ1) is 28.4. The van der Waals surface area contributed by atoms with E-state index < -0.39 is 11.6 Å². The number of aliphatic hydroxyl groups is 1. The summed E-state index contributed by atoms with van der Waals surface area (Å²) in [6, 6.07) is 24.7. The third kappa shape index (κ3) is 6.51. The zero-order chi connectivity index (χ0) is 28.4. The molecule has 0 fully saturated rings. The summed E-state index contributed by atoms with van der Waals surface area (Å²) < 4.78 is 12.2. The highest BCUT2D eigenvalue weighted by molar-refractivity contribution is 6.01. The molecule has 40 heavy (non-hydrogen) atoms. The lowest BCUT2D eigenvalue weighted by Crippen LogP contribution is -2.47. The Balaban J connectivity index is 1.78. The van der Waals surface area contributed by atoms with E-state index in [1.54, 1.807) is 14.1 Å². The van der Waals surface area contributed by atoms with Crippen LogP contribution in [0.4, 0.5) is 0 Å². The summed E-state index contributed by atoms with van der Waals surface area (Å²) in [5, 5.41) is 12.8. The van der Waals surface area contributed by atoms with E-state index in [2.05, 4.69) is 10.0 Å². The van der Waals surface area contributed by atoms with Gasteiger partial charge in [0.15, 0.2) is 11.6 Å². The number of carbonyl (C=O) groups is 1. The van der Waals surface area contributed by atoms with Crippen LogP contribution in [-0.4, -0.2) is 54.7 Å². The Morgan fingerprint density at radius 1 is 1.12 bits per heavy atom. The predicted molar refractivity (Wildman–Crippen MR) is 155 cm³/mol. The van der Waals surface area contributed by atoms with Gasteiger partial charge in [-0.2, -0.15) is 0 Å². The number of likely N-dealkylation sites (N-methyl/N-ethyl adjacent to an activating group) is 1. The Morgan fingerprint density at radius 2 is 1.85 bits per heavy atom. The van der Waals surface area contributed by atoms with E-state index >= 15 is 0 Å². The summed E-state index contributed by atoms with van der Waals surface area (Å²) in [6.45, 7) is 0.589. The van der Waals surface area contributed by atoms with Crippen LogP contribution >= 0.6 is 0 Å². The Bertz CT molecular complexity index is 1400. The number of hydrogen-bond acceptors (Lipinski definition) is 6. The first-order chi connectivity index (χ1) is 19.5. The second-order valence-electron chi connectivity index (χ2n) is 9.59. The van der Waals surface area contributed by atoms with Gasteiger partial charge in [-0.1, -0.05) is 71.9 Å². The summed E-state index contributed by atoms with van der Waals surface area (Å²) >= 11 is 0. The minimum Gasteiger partial charge on any atom is -0.494 e. The van der Waals surface area contributed by atoms with E-state index in [1.165, 1.54) is 4.90 Å². The van der Waals surface area contributed by atoms with Gasteiger partial charge in [-0.25, -0.2) is 4.99 Å². The molecular weight excluding hydrogens is 506 g/mol. The molecule has 1 aliphatic rings. The molecule has 0 aromatic heterocycles. The number of aliphatic imine (C=N–C) groups is 1. The molecule has 2 atom stereocenters. The van der Waals surface area contributed by atoms with Crippen LogP contribution in [0.5, 0.6) is 5.75 Å². The molecule has 0 saturated heterocycles. The van der Waals surface area contributed by atoms with Crippen molar-refractivity contribution in [3.63, 3.8) is 0 Å². The van der Waals surface area contributed by atoms with Crippen LogP contribution in [0.15, 0.2) is 95.0 Å². The van der Waals surface area contributed by atoms with E-state index in [0.29, 0.717) is 30.2 Å².